The molecule has 1 rings (SSSR count). The number of rotatable bonds is 5. The first-order chi connectivity index (χ1) is 8.91. The molecule has 19 heavy (non-hydrogen) atoms. The van der Waals surface area contributed by atoms with E-state index in [9.17, 15) is 19.7 Å². The van der Waals surface area contributed by atoms with Gasteiger partial charge in [-0.1, -0.05) is 0 Å². The Bertz CT molecular complexity index is 517. The van der Waals surface area contributed by atoms with E-state index in [4.69, 9.17) is 11.5 Å². The average molecular weight is 268 g/mol. The van der Waals surface area contributed by atoms with Crippen LogP contribution in [0, 0.1) is 10.1 Å². The summed E-state index contributed by atoms with van der Waals surface area (Å²) in [5.41, 5.74) is 9.90. The summed E-state index contributed by atoms with van der Waals surface area (Å²) in [5.74, 6) is -0.688. The van der Waals surface area contributed by atoms with Crippen molar-refractivity contribution in [3.05, 3.63) is 33.9 Å². The van der Waals surface area contributed by atoms with Gasteiger partial charge in [0.05, 0.1) is 11.5 Å². The van der Waals surface area contributed by atoms with Crippen molar-refractivity contribution < 1.29 is 19.2 Å². The number of anilines is 1. The van der Waals surface area contributed by atoms with Crippen LogP contribution in [0.5, 0.6) is 0 Å². The Hall–Kier alpha value is -2.84. The number of nitro groups is 1. The number of primary amides is 1. The maximum Gasteiger partial charge on any atom is 0.404 e. The molecule has 9 heteroatoms. The number of carbonyl (C=O) groups is 2. The fourth-order valence-corrected chi connectivity index (χ4v) is 1.31. The van der Waals surface area contributed by atoms with E-state index < -0.39 is 16.9 Å². The molecule has 5 N–H and O–H groups in total. The van der Waals surface area contributed by atoms with E-state index >= 15 is 0 Å². The van der Waals surface area contributed by atoms with Gasteiger partial charge in [-0.25, -0.2) is 4.79 Å². The highest BCUT2D eigenvalue weighted by Crippen LogP contribution is 2.20. The number of carbonyl (C=O) groups excluding carboxylic acids is 2. The Balaban J connectivity index is 2.73. The van der Waals surface area contributed by atoms with Gasteiger partial charge in [-0.3, -0.25) is 14.9 Å². The Morgan fingerprint density at radius 1 is 1.42 bits per heavy atom. The van der Waals surface area contributed by atoms with Crippen molar-refractivity contribution in [1.29, 1.82) is 0 Å². The van der Waals surface area contributed by atoms with Gasteiger partial charge in [-0.2, -0.15) is 0 Å². The number of nitrogens with one attached hydrogen (secondary N) is 1. The maximum atomic E-state index is 11.7. The Labute approximate surface area is 107 Å². The lowest BCUT2D eigenvalue weighted by Crippen LogP contribution is -2.29. The molecule has 0 unspecified atom stereocenters. The predicted octanol–water partition coefficient (Wildman–Crippen LogP) is 0.00210. The van der Waals surface area contributed by atoms with Crippen molar-refractivity contribution in [2.24, 2.45) is 5.73 Å². The van der Waals surface area contributed by atoms with E-state index in [0.29, 0.717) is 0 Å². The van der Waals surface area contributed by atoms with Gasteiger partial charge in [0.2, 0.25) is 0 Å². The molecule has 0 radical (unpaired) electrons. The molecule has 0 spiro atoms. The molecule has 0 saturated carbocycles. The molecule has 1 aromatic rings. The summed E-state index contributed by atoms with van der Waals surface area (Å²) in [5, 5.41) is 13.1. The van der Waals surface area contributed by atoms with E-state index in [1.165, 1.54) is 12.1 Å². The van der Waals surface area contributed by atoms with Gasteiger partial charge < -0.3 is 21.5 Å². The summed E-state index contributed by atoms with van der Waals surface area (Å²) in [7, 11) is 0. The number of nitrogens with two attached hydrogens (primary N) is 2. The van der Waals surface area contributed by atoms with Crippen LogP contribution in [0.3, 0.4) is 0 Å². The number of nitrogens with zero attached hydrogens (tertiary/aromatic N) is 1. The second-order valence-corrected chi connectivity index (χ2v) is 3.46. The van der Waals surface area contributed by atoms with Crippen LogP contribution in [0.1, 0.15) is 10.4 Å². The molecule has 0 aromatic heterocycles. The highest BCUT2D eigenvalue weighted by atomic mass is 16.6. The summed E-state index contributed by atoms with van der Waals surface area (Å²) in [4.78, 5) is 32.1. The molecule has 0 atom stereocenters. The minimum absolute atomic E-state index is 0.0201. The number of hydrogen-bond acceptors (Lipinski definition) is 6. The van der Waals surface area contributed by atoms with E-state index in [1.54, 1.807) is 0 Å². The van der Waals surface area contributed by atoms with Gasteiger partial charge in [0, 0.05) is 11.8 Å². The normalized spacial score (nSPS) is 9.68. The smallest absolute Gasteiger partial charge is 0.404 e. The van der Waals surface area contributed by atoms with Crippen molar-refractivity contribution >= 4 is 23.4 Å². The molecule has 0 heterocycles. The van der Waals surface area contributed by atoms with Crippen LogP contribution in [0.4, 0.5) is 16.2 Å². The SMILES string of the molecule is NC(=O)OCCNC(=O)c1cc(N)ccc1[N+](=O)[O-]. The van der Waals surface area contributed by atoms with Crippen LogP contribution < -0.4 is 16.8 Å². The quantitative estimate of drug-likeness (QED) is 0.296. The van der Waals surface area contributed by atoms with Gasteiger partial charge >= 0.3 is 6.09 Å². The van der Waals surface area contributed by atoms with Crippen molar-refractivity contribution in [3.8, 4) is 0 Å². The summed E-state index contributed by atoms with van der Waals surface area (Å²) in [6.45, 7) is -0.148. The first-order valence-corrected chi connectivity index (χ1v) is 5.16. The van der Waals surface area contributed by atoms with Crippen LogP contribution in [0.2, 0.25) is 0 Å². The highest BCUT2D eigenvalue weighted by Gasteiger charge is 2.19. The molecule has 0 aliphatic rings. The molecule has 0 aliphatic heterocycles. The van der Waals surface area contributed by atoms with Crippen molar-refractivity contribution in [1.82, 2.24) is 5.32 Å². The maximum absolute atomic E-state index is 11.7. The van der Waals surface area contributed by atoms with Crippen LogP contribution in [-0.4, -0.2) is 30.1 Å². The van der Waals surface area contributed by atoms with Gasteiger partial charge in [0.15, 0.2) is 0 Å². The van der Waals surface area contributed by atoms with Gasteiger partial charge in [0.25, 0.3) is 11.6 Å². The molecular formula is C10H12N4O5. The average Bonchev–Trinajstić information content (AvgIpc) is 2.33. The molecule has 102 valence electrons. The topological polar surface area (TPSA) is 151 Å². The van der Waals surface area contributed by atoms with Crippen LogP contribution in [0.25, 0.3) is 0 Å². The summed E-state index contributed by atoms with van der Waals surface area (Å²) < 4.78 is 4.40. The number of nitro benzene ring substituents is 1. The third-order valence-electron chi connectivity index (χ3n) is 2.09. The molecule has 0 bridgehead atoms. The van der Waals surface area contributed by atoms with Crippen molar-refractivity contribution in [2.75, 3.05) is 18.9 Å². The largest absolute Gasteiger partial charge is 0.448 e. The van der Waals surface area contributed by atoms with Crippen LogP contribution in [-0.2, 0) is 4.74 Å². The number of amides is 2. The first-order valence-electron chi connectivity index (χ1n) is 5.16. The second kappa shape index (κ2) is 6.19. The van der Waals surface area contributed by atoms with Crippen molar-refractivity contribution in [3.63, 3.8) is 0 Å². The second-order valence-electron chi connectivity index (χ2n) is 3.46. The molecule has 2 amide bonds. The van der Waals surface area contributed by atoms with E-state index in [0.717, 1.165) is 6.07 Å². The lowest BCUT2D eigenvalue weighted by molar-refractivity contribution is -0.385. The Morgan fingerprint density at radius 2 is 2.11 bits per heavy atom. The minimum atomic E-state index is -0.968. The fourth-order valence-electron chi connectivity index (χ4n) is 1.31. The molecule has 9 nitrogen and oxygen atoms in total. The lowest BCUT2D eigenvalue weighted by atomic mass is 10.1. The molecule has 1 aromatic carbocycles. The standard InChI is InChI=1S/C10H12N4O5/c11-6-1-2-8(14(17)18)7(5-6)9(15)13-3-4-19-10(12)16/h1-2,5H,3-4,11H2,(H2,12,16)(H,13,15). The van der Waals surface area contributed by atoms with E-state index in [-0.39, 0.29) is 30.1 Å². The van der Waals surface area contributed by atoms with Crippen molar-refractivity contribution in [2.45, 2.75) is 0 Å². The van der Waals surface area contributed by atoms with Crippen LogP contribution in [0.15, 0.2) is 18.2 Å². The number of benzene rings is 1. The van der Waals surface area contributed by atoms with Gasteiger partial charge in [-0.15, -0.1) is 0 Å². The monoisotopic (exact) mass is 268 g/mol. The predicted molar refractivity (Wildman–Crippen MR) is 65.4 cm³/mol. The lowest BCUT2D eigenvalue weighted by Gasteiger charge is -2.06. The number of nitrogen functional groups attached to an aromatic ring is 1. The molecule has 0 fully saturated rings. The highest BCUT2D eigenvalue weighted by molar-refractivity contribution is 5.99. The molecule has 0 saturated heterocycles. The first kappa shape index (κ1) is 14.2. The van der Waals surface area contributed by atoms with Gasteiger partial charge in [-0.05, 0) is 12.1 Å². The van der Waals surface area contributed by atoms with Gasteiger partial charge in [0.1, 0.15) is 12.2 Å². The zero-order chi connectivity index (χ0) is 14.4. The number of ether oxygens (including phenoxy) is 1. The Kier molecular flexibility index (Phi) is 4.63. The summed E-state index contributed by atoms with van der Waals surface area (Å²) >= 11 is 0. The summed E-state index contributed by atoms with van der Waals surface area (Å²) in [6, 6.07) is 3.66. The van der Waals surface area contributed by atoms with E-state index in [1.807, 2.05) is 0 Å². The summed E-state index contributed by atoms with van der Waals surface area (Å²) in [6.07, 6.45) is -0.968. The third-order valence-corrected chi connectivity index (χ3v) is 2.09. The van der Waals surface area contributed by atoms with Crippen LogP contribution >= 0.6 is 0 Å². The zero-order valence-electron chi connectivity index (χ0n) is 9.79. The zero-order valence-corrected chi connectivity index (χ0v) is 9.79. The fraction of sp³-hybridized carbons (Fsp3) is 0.200. The minimum Gasteiger partial charge on any atom is -0.448 e. The number of hydrogen-bond donors (Lipinski definition) is 3. The van der Waals surface area contributed by atoms with E-state index in [2.05, 4.69) is 10.1 Å². The Morgan fingerprint density at radius 3 is 2.68 bits per heavy atom. The third kappa shape index (κ3) is 4.15. The molecule has 0 aliphatic carbocycles. The molecular weight excluding hydrogens is 256 g/mol.